The zero-order chi connectivity index (χ0) is 12.1. The number of rotatable bonds is 3. The number of carbonyl (C=O) groups excluding carboxylic acids is 1. The minimum absolute atomic E-state index is 0.129. The summed E-state index contributed by atoms with van der Waals surface area (Å²) < 4.78 is 0.910. The number of nitriles is 1. The van der Waals surface area contributed by atoms with Gasteiger partial charge in [-0.3, -0.25) is 4.79 Å². The van der Waals surface area contributed by atoms with Crippen molar-refractivity contribution in [2.24, 2.45) is 0 Å². The van der Waals surface area contributed by atoms with Crippen LogP contribution >= 0.6 is 15.9 Å². The first-order chi connectivity index (χ1) is 7.56. The second-order valence-corrected chi connectivity index (χ2v) is 4.50. The Morgan fingerprint density at radius 1 is 1.62 bits per heavy atom. The number of hydrogen-bond donors (Lipinski definition) is 1. The van der Waals surface area contributed by atoms with Crippen LogP contribution in [0, 0.1) is 18.3 Å². The van der Waals surface area contributed by atoms with Crippen molar-refractivity contribution in [1.82, 2.24) is 5.32 Å². The van der Waals surface area contributed by atoms with Gasteiger partial charge in [0.25, 0.3) is 5.91 Å². The van der Waals surface area contributed by atoms with E-state index in [9.17, 15) is 4.79 Å². The van der Waals surface area contributed by atoms with Crippen LogP contribution in [-0.2, 0) is 0 Å². The topological polar surface area (TPSA) is 52.9 Å². The molecule has 1 aromatic carbocycles. The third kappa shape index (κ3) is 3.07. The lowest BCUT2D eigenvalue weighted by molar-refractivity contribution is 0.0940. The highest BCUT2D eigenvalue weighted by Crippen LogP contribution is 2.19. The Hall–Kier alpha value is -1.34. The maximum absolute atomic E-state index is 11.9. The number of hydrogen-bond acceptors (Lipinski definition) is 2. The first kappa shape index (κ1) is 12.7. The predicted octanol–water partition coefficient (Wildman–Crippen LogP) is 2.79. The van der Waals surface area contributed by atoms with Crippen LogP contribution < -0.4 is 5.32 Å². The van der Waals surface area contributed by atoms with Gasteiger partial charge in [-0.15, -0.1) is 0 Å². The molecule has 1 amide bonds. The Morgan fingerprint density at radius 3 is 2.94 bits per heavy atom. The van der Waals surface area contributed by atoms with Crippen molar-refractivity contribution < 1.29 is 4.79 Å². The van der Waals surface area contributed by atoms with Crippen LogP contribution in [0.25, 0.3) is 0 Å². The molecular formula is C12H13BrN2O. The lowest BCUT2D eigenvalue weighted by Crippen LogP contribution is -2.32. The fraction of sp³-hybridized carbons (Fsp3) is 0.333. The monoisotopic (exact) mass is 280 g/mol. The molecule has 0 radical (unpaired) electrons. The summed E-state index contributed by atoms with van der Waals surface area (Å²) in [4.78, 5) is 11.9. The van der Waals surface area contributed by atoms with E-state index in [4.69, 9.17) is 5.26 Å². The largest absolute Gasteiger partial charge is 0.349 e. The highest BCUT2D eigenvalue weighted by atomic mass is 79.9. The van der Waals surface area contributed by atoms with Crippen LogP contribution in [0.3, 0.4) is 0 Å². The summed E-state index contributed by atoms with van der Waals surface area (Å²) >= 11 is 3.38. The maximum atomic E-state index is 11.9. The SMILES string of the molecule is Cc1c(Br)cccc1C(=O)NC(C)CC#N. The molecule has 0 aliphatic heterocycles. The van der Waals surface area contributed by atoms with Gasteiger partial charge in [-0.05, 0) is 31.5 Å². The van der Waals surface area contributed by atoms with Crippen molar-refractivity contribution in [1.29, 1.82) is 5.26 Å². The highest BCUT2D eigenvalue weighted by molar-refractivity contribution is 9.10. The molecule has 0 heterocycles. The van der Waals surface area contributed by atoms with E-state index in [-0.39, 0.29) is 11.9 Å². The third-order valence-corrected chi connectivity index (χ3v) is 3.15. The molecule has 1 atom stereocenters. The van der Waals surface area contributed by atoms with E-state index in [1.807, 2.05) is 32.0 Å². The molecule has 3 nitrogen and oxygen atoms in total. The van der Waals surface area contributed by atoms with Gasteiger partial charge < -0.3 is 5.32 Å². The Labute approximate surface area is 104 Å². The van der Waals surface area contributed by atoms with E-state index in [0.29, 0.717) is 12.0 Å². The highest BCUT2D eigenvalue weighted by Gasteiger charge is 2.12. The molecule has 0 bridgehead atoms. The van der Waals surface area contributed by atoms with Crippen molar-refractivity contribution in [2.75, 3.05) is 0 Å². The van der Waals surface area contributed by atoms with E-state index in [1.165, 1.54) is 0 Å². The molecule has 84 valence electrons. The van der Waals surface area contributed by atoms with Crippen molar-refractivity contribution in [3.63, 3.8) is 0 Å². The van der Waals surface area contributed by atoms with Gasteiger partial charge in [0.05, 0.1) is 12.5 Å². The minimum atomic E-state index is -0.137. The molecule has 4 heteroatoms. The zero-order valence-electron chi connectivity index (χ0n) is 9.25. The molecule has 1 N–H and O–H groups in total. The van der Waals surface area contributed by atoms with Crippen molar-refractivity contribution in [3.05, 3.63) is 33.8 Å². The summed E-state index contributed by atoms with van der Waals surface area (Å²) in [6, 6.07) is 7.38. The lowest BCUT2D eigenvalue weighted by Gasteiger charge is -2.12. The molecule has 1 aromatic rings. The van der Waals surface area contributed by atoms with Crippen molar-refractivity contribution >= 4 is 21.8 Å². The smallest absolute Gasteiger partial charge is 0.251 e. The molecule has 1 unspecified atom stereocenters. The summed E-state index contributed by atoms with van der Waals surface area (Å²) in [7, 11) is 0. The van der Waals surface area contributed by atoms with Crippen molar-refractivity contribution in [3.8, 4) is 6.07 Å². The van der Waals surface area contributed by atoms with Gasteiger partial charge in [-0.25, -0.2) is 0 Å². The van der Waals surface area contributed by atoms with E-state index < -0.39 is 0 Å². The van der Waals surface area contributed by atoms with Crippen LogP contribution in [0.2, 0.25) is 0 Å². The Balaban J connectivity index is 2.82. The zero-order valence-corrected chi connectivity index (χ0v) is 10.8. The van der Waals surface area contributed by atoms with Gasteiger partial charge in [0.1, 0.15) is 0 Å². The molecule has 0 spiro atoms. The molecule has 0 aliphatic rings. The number of carbonyl (C=O) groups is 1. The molecule has 0 saturated carbocycles. The maximum Gasteiger partial charge on any atom is 0.251 e. The summed E-state index contributed by atoms with van der Waals surface area (Å²) in [6.07, 6.45) is 0.318. The summed E-state index contributed by atoms with van der Waals surface area (Å²) in [5, 5.41) is 11.3. The predicted molar refractivity (Wildman–Crippen MR) is 66.0 cm³/mol. The van der Waals surface area contributed by atoms with E-state index in [0.717, 1.165) is 10.0 Å². The van der Waals surface area contributed by atoms with Crippen LogP contribution in [0.1, 0.15) is 29.3 Å². The van der Waals surface area contributed by atoms with Gasteiger partial charge in [-0.1, -0.05) is 22.0 Å². The Morgan fingerprint density at radius 2 is 2.31 bits per heavy atom. The third-order valence-electron chi connectivity index (χ3n) is 2.29. The number of halogens is 1. The first-order valence-corrected chi connectivity index (χ1v) is 5.78. The minimum Gasteiger partial charge on any atom is -0.349 e. The second kappa shape index (κ2) is 5.66. The van der Waals surface area contributed by atoms with Gasteiger partial charge in [0.2, 0.25) is 0 Å². The number of amides is 1. The van der Waals surface area contributed by atoms with Gasteiger partial charge in [-0.2, -0.15) is 5.26 Å². The van der Waals surface area contributed by atoms with Crippen LogP contribution in [0.4, 0.5) is 0 Å². The van der Waals surface area contributed by atoms with Gasteiger partial charge in [0, 0.05) is 16.1 Å². The van der Waals surface area contributed by atoms with Crippen LogP contribution in [0.15, 0.2) is 22.7 Å². The van der Waals surface area contributed by atoms with E-state index in [2.05, 4.69) is 21.2 Å². The normalized spacial score (nSPS) is 11.6. The molecule has 0 aliphatic carbocycles. The first-order valence-electron chi connectivity index (χ1n) is 4.99. The fourth-order valence-corrected chi connectivity index (χ4v) is 1.71. The summed E-state index contributed by atoms with van der Waals surface area (Å²) in [6.45, 7) is 3.70. The Bertz CT molecular complexity index is 437. The van der Waals surface area contributed by atoms with Gasteiger partial charge >= 0.3 is 0 Å². The number of nitrogens with one attached hydrogen (secondary N) is 1. The molecule has 0 aromatic heterocycles. The van der Waals surface area contributed by atoms with Gasteiger partial charge in [0.15, 0.2) is 0 Å². The summed E-state index contributed by atoms with van der Waals surface area (Å²) in [5.74, 6) is -0.137. The number of benzene rings is 1. The van der Waals surface area contributed by atoms with E-state index in [1.54, 1.807) is 6.07 Å². The second-order valence-electron chi connectivity index (χ2n) is 3.65. The lowest BCUT2D eigenvalue weighted by atomic mass is 10.1. The average Bonchev–Trinajstić information content (AvgIpc) is 2.22. The van der Waals surface area contributed by atoms with E-state index >= 15 is 0 Å². The van der Waals surface area contributed by atoms with Crippen molar-refractivity contribution in [2.45, 2.75) is 26.3 Å². The average molecular weight is 281 g/mol. The Kier molecular flexibility index (Phi) is 4.51. The molecule has 16 heavy (non-hydrogen) atoms. The molecule has 0 saturated heterocycles. The molecule has 1 rings (SSSR count). The van der Waals surface area contributed by atoms with Crippen LogP contribution in [-0.4, -0.2) is 11.9 Å². The van der Waals surface area contributed by atoms with Crippen LogP contribution in [0.5, 0.6) is 0 Å². The fourth-order valence-electron chi connectivity index (χ4n) is 1.34. The summed E-state index contributed by atoms with van der Waals surface area (Å²) in [5.41, 5.74) is 1.54. The quantitative estimate of drug-likeness (QED) is 0.926. The molecular weight excluding hydrogens is 268 g/mol. The molecule has 0 fully saturated rings. The standard InChI is InChI=1S/C12H13BrN2O/c1-8(6-7-14)15-12(16)10-4-3-5-11(13)9(10)2/h3-5,8H,6H2,1-2H3,(H,15,16). The number of nitrogens with zero attached hydrogens (tertiary/aromatic N) is 1.